The summed E-state index contributed by atoms with van der Waals surface area (Å²) >= 11 is 0. The number of anilines is 2. The average molecular weight is 290 g/mol. The van der Waals surface area contributed by atoms with E-state index in [-0.39, 0.29) is 0 Å². The monoisotopic (exact) mass is 290 g/mol. The van der Waals surface area contributed by atoms with Gasteiger partial charge < -0.3 is 10.1 Å². The molecule has 3 aromatic rings. The Bertz CT molecular complexity index is 889. The van der Waals surface area contributed by atoms with Gasteiger partial charge in [-0.05, 0) is 35.7 Å². The van der Waals surface area contributed by atoms with Crippen LogP contribution in [0.3, 0.4) is 0 Å². The maximum absolute atomic E-state index is 5.13. The van der Waals surface area contributed by atoms with Gasteiger partial charge in [-0.2, -0.15) is 4.98 Å². The van der Waals surface area contributed by atoms with Gasteiger partial charge in [0.2, 0.25) is 5.88 Å². The molecule has 0 bridgehead atoms. The second-order valence-corrected chi connectivity index (χ2v) is 5.09. The van der Waals surface area contributed by atoms with Crippen molar-refractivity contribution >= 4 is 28.6 Å². The van der Waals surface area contributed by atoms with Crippen molar-refractivity contribution in [1.29, 1.82) is 0 Å². The summed E-state index contributed by atoms with van der Waals surface area (Å²) in [4.78, 5) is 12.9. The standard InChI is InChI=1S/C17H14N4O/c1-22-15-8-7-14-16(18-10-19-17(14)21-15)20-13-6-5-11-3-2-4-12(11)9-13/h2,4-10H,3H2,1H3,(H,18,19,20,21). The van der Waals surface area contributed by atoms with Crippen molar-refractivity contribution in [3.8, 4) is 5.88 Å². The van der Waals surface area contributed by atoms with Gasteiger partial charge in [0.05, 0.1) is 12.5 Å². The third kappa shape index (κ3) is 2.16. The van der Waals surface area contributed by atoms with Crippen molar-refractivity contribution in [1.82, 2.24) is 15.0 Å². The second kappa shape index (κ2) is 5.11. The van der Waals surface area contributed by atoms with Crippen LogP contribution < -0.4 is 10.1 Å². The van der Waals surface area contributed by atoms with E-state index in [1.165, 1.54) is 17.5 Å². The minimum atomic E-state index is 0.541. The highest BCUT2D eigenvalue weighted by molar-refractivity contribution is 5.88. The zero-order valence-corrected chi connectivity index (χ0v) is 12.1. The van der Waals surface area contributed by atoms with E-state index < -0.39 is 0 Å². The molecule has 0 unspecified atom stereocenters. The lowest BCUT2D eigenvalue weighted by Crippen LogP contribution is -1.98. The average Bonchev–Trinajstić information content (AvgIpc) is 3.02. The number of benzene rings is 1. The largest absolute Gasteiger partial charge is 0.481 e. The highest BCUT2D eigenvalue weighted by atomic mass is 16.5. The highest BCUT2D eigenvalue weighted by Crippen LogP contribution is 2.27. The summed E-state index contributed by atoms with van der Waals surface area (Å²) < 4.78 is 5.13. The Morgan fingerprint density at radius 3 is 3.00 bits per heavy atom. The molecule has 5 nitrogen and oxygen atoms in total. The summed E-state index contributed by atoms with van der Waals surface area (Å²) in [5.74, 6) is 1.28. The normalized spacial score (nSPS) is 12.4. The Morgan fingerprint density at radius 1 is 1.14 bits per heavy atom. The van der Waals surface area contributed by atoms with Crippen LogP contribution in [-0.2, 0) is 6.42 Å². The fraction of sp³-hybridized carbons (Fsp3) is 0.118. The molecule has 1 N–H and O–H groups in total. The molecule has 0 radical (unpaired) electrons. The minimum Gasteiger partial charge on any atom is -0.481 e. The van der Waals surface area contributed by atoms with Crippen LogP contribution in [0, 0.1) is 0 Å². The third-order valence-electron chi connectivity index (χ3n) is 3.72. The van der Waals surface area contributed by atoms with Crippen LogP contribution in [0.4, 0.5) is 11.5 Å². The number of fused-ring (bicyclic) bond motifs is 2. The van der Waals surface area contributed by atoms with Crippen LogP contribution >= 0.6 is 0 Å². The van der Waals surface area contributed by atoms with Crippen molar-refractivity contribution in [3.05, 3.63) is 53.9 Å². The zero-order chi connectivity index (χ0) is 14.9. The summed E-state index contributed by atoms with van der Waals surface area (Å²) in [6, 6.07) is 10.1. The van der Waals surface area contributed by atoms with Crippen LogP contribution in [-0.4, -0.2) is 22.1 Å². The molecule has 2 heterocycles. The SMILES string of the molecule is COc1ccc2c(Nc3ccc4c(c3)C=CC4)ncnc2n1. The Balaban J connectivity index is 1.73. The Kier molecular flexibility index (Phi) is 2.96. The van der Waals surface area contributed by atoms with Crippen LogP contribution in [0.5, 0.6) is 5.88 Å². The predicted molar refractivity (Wildman–Crippen MR) is 86.3 cm³/mol. The fourth-order valence-electron chi connectivity index (χ4n) is 2.60. The molecule has 2 aromatic heterocycles. The van der Waals surface area contributed by atoms with Crippen LogP contribution in [0.1, 0.15) is 11.1 Å². The van der Waals surface area contributed by atoms with Gasteiger partial charge in [0.1, 0.15) is 12.1 Å². The van der Waals surface area contributed by atoms with Crippen molar-refractivity contribution in [2.45, 2.75) is 6.42 Å². The van der Waals surface area contributed by atoms with E-state index in [2.05, 4.69) is 50.6 Å². The van der Waals surface area contributed by atoms with Crippen molar-refractivity contribution in [3.63, 3.8) is 0 Å². The predicted octanol–water partition coefficient (Wildman–Crippen LogP) is 3.35. The summed E-state index contributed by atoms with van der Waals surface area (Å²) in [6.07, 6.45) is 6.83. The molecule has 0 amide bonds. The lowest BCUT2D eigenvalue weighted by Gasteiger charge is -2.10. The Morgan fingerprint density at radius 2 is 2.09 bits per heavy atom. The zero-order valence-electron chi connectivity index (χ0n) is 12.1. The lowest BCUT2D eigenvalue weighted by molar-refractivity contribution is 0.399. The first-order chi connectivity index (χ1) is 10.8. The van der Waals surface area contributed by atoms with E-state index in [0.29, 0.717) is 11.5 Å². The smallest absolute Gasteiger partial charge is 0.215 e. The molecule has 108 valence electrons. The fourth-order valence-corrected chi connectivity index (χ4v) is 2.60. The van der Waals surface area contributed by atoms with Gasteiger partial charge in [-0.1, -0.05) is 18.2 Å². The molecule has 5 heteroatoms. The molecule has 0 fully saturated rings. The third-order valence-corrected chi connectivity index (χ3v) is 3.72. The molecule has 22 heavy (non-hydrogen) atoms. The number of nitrogens with zero attached hydrogens (tertiary/aromatic N) is 3. The maximum atomic E-state index is 5.13. The van der Waals surface area contributed by atoms with Crippen molar-refractivity contribution < 1.29 is 4.74 Å². The molecule has 1 aromatic carbocycles. The molecule has 0 aliphatic heterocycles. The van der Waals surface area contributed by atoms with Gasteiger partial charge in [0.15, 0.2) is 5.65 Å². The number of hydrogen-bond donors (Lipinski definition) is 1. The van der Waals surface area contributed by atoms with Crippen molar-refractivity contribution in [2.75, 3.05) is 12.4 Å². The van der Waals surface area contributed by atoms with Gasteiger partial charge in [-0.3, -0.25) is 0 Å². The Hall–Kier alpha value is -2.95. The number of allylic oxidation sites excluding steroid dienone is 1. The molecule has 0 saturated carbocycles. The summed E-state index contributed by atoms with van der Waals surface area (Å²) in [5.41, 5.74) is 4.21. The summed E-state index contributed by atoms with van der Waals surface area (Å²) in [5, 5.41) is 4.21. The van der Waals surface area contributed by atoms with E-state index in [9.17, 15) is 0 Å². The summed E-state index contributed by atoms with van der Waals surface area (Å²) in [7, 11) is 1.59. The van der Waals surface area contributed by atoms with Gasteiger partial charge in [-0.15, -0.1) is 0 Å². The number of pyridine rings is 1. The highest BCUT2D eigenvalue weighted by Gasteiger charge is 2.09. The molecule has 1 aliphatic rings. The number of hydrogen-bond acceptors (Lipinski definition) is 5. The maximum Gasteiger partial charge on any atom is 0.215 e. The molecule has 0 spiro atoms. The van der Waals surface area contributed by atoms with Gasteiger partial charge >= 0.3 is 0 Å². The molecular formula is C17H14N4O. The van der Waals surface area contributed by atoms with Crippen LogP contribution in [0.15, 0.2) is 42.7 Å². The van der Waals surface area contributed by atoms with E-state index in [1.54, 1.807) is 7.11 Å². The van der Waals surface area contributed by atoms with E-state index in [4.69, 9.17) is 4.74 Å². The molecule has 0 saturated heterocycles. The first kappa shape index (κ1) is 12.8. The molecule has 1 aliphatic carbocycles. The molecule has 0 atom stereocenters. The first-order valence-electron chi connectivity index (χ1n) is 7.06. The second-order valence-electron chi connectivity index (χ2n) is 5.09. The van der Waals surface area contributed by atoms with E-state index in [0.717, 1.165) is 23.3 Å². The van der Waals surface area contributed by atoms with Gasteiger partial charge in [-0.25, -0.2) is 9.97 Å². The quantitative estimate of drug-likeness (QED) is 0.801. The topological polar surface area (TPSA) is 59.9 Å². The number of ether oxygens (including phenoxy) is 1. The summed E-state index contributed by atoms with van der Waals surface area (Å²) in [6.45, 7) is 0. The number of methoxy groups -OCH3 is 1. The lowest BCUT2D eigenvalue weighted by atomic mass is 10.1. The van der Waals surface area contributed by atoms with Gasteiger partial charge in [0.25, 0.3) is 0 Å². The molecule has 4 rings (SSSR count). The number of nitrogens with one attached hydrogen (secondary N) is 1. The number of aromatic nitrogens is 3. The first-order valence-corrected chi connectivity index (χ1v) is 7.06. The molecular weight excluding hydrogens is 276 g/mol. The van der Waals surface area contributed by atoms with Crippen LogP contribution in [0.2, 0.25) is 0 Å². The number of rotatable bonds is 3. The van der Waals surface area contributed by atoms with E-state index >= 15 is 0 Å². The van der Waals surface area contributed by atoms with Crippen molar-refractivity contribution in [2.24, 2.45) is 0 Å². The minimum absolute atomic E-state index is 0.541. The van der Waals surface area contributed by atoms with Crippen LogP contribution in [0.25, 0.3) is 17.1 Å². The van der Waals surface area contributed by atoms with Gasteiger partial charge in [0, 0.05) is 11.8 Å². The van der Waals surface area contributed by atoms with E-state index in [1.807, 2.05) is 12.1 Å². The Labute approximate surface area is 127 Å².